The maximum Gasteiger partial charge on any atom is 0.698 e. The predicted octanol–water partition coefficient (Wildman–Crippen LogP) is 3.24. The molecule has 112 heavy (non-hydrogen) atoms. The Morgan fingerprint density at radius 3 is 1.96 bits per heavy atom. The van der Waals surface area contributed by atoms with Crippen LogP contribution >= 0.6 is 8.25 Å². The van der Waals surface area contributed by atoms with Crippen LogP contribution in [0.4, 0.5) is 10.5 Å². The number of likely N-dealkylation sites (N-methyl/N-ethyl adjacent to an activating group) is 3. The van der Waals surface area contributed by atoms with Gasteiger partial charge in [0.1, 0.15) is 54.5 Å². The van der Waals surface area contributed by atoms with Crippen LogP contribution in [-0.4, -0.2) is 236 Å². The number of Topliss-reactive ketones (excluding diaryl/α,β-unsaturated/α-hetero) is 2. The number of likely N-dealkylation sites (tertiary alicyclic amines) is 1. The smallest absolute Gasteiger partial charge is 0.459 e. The van der Waals surface area contributed by atoms with Crippen molar-refractivity contribution in [2.75, 3.05) is 59.9 Å². The number of nitrogens with two attached hydrogens (primary N) is 1. The largest absolute Gasteiger partial charge is 0.698 e. The standard InChI is InChI=1S/C76H110N11O24P/c1-40(2)60(82-58(91)30-33-106-34-32-87-59(92)35-43(7)69(87)96)56(90)38-53(25-22-31-78-76(77)103)68(95)81-54-28-26-52(27-29-54)39-107-112(104)111-64(41(3)4)55(36-44(8)88)73(100)110-65(42(5)6)62-72(99)86(17)63(49(13)105-18)75(102)108-48(12)61(80-50(14)89)74(101)109-57(37-51-23-20-19-21-24-51)71(98)85(16)46(10)66(93)79-45(9)70(97)84(15)47(11)67(94)83-62/h19-21,23-24,26-29,40-43,45,47-49,53,55,57,60-65H,10,22,25,30-39H2,1-9,11-18H3,(H7-,77,78,79,80,81,82,83,89,91,93,94,95,103)/p+1/t43?,45-,47-,48+,49+,53+,55-,57+,60-,61-,62-,63-,64+,65+/m0/s1. The van der Waals surface area contributed by atoms with E-state index in [0.29, 0.717) is 11.1 Å². The van der Waals surface area contributed by atoms with Gasteiger partial charge >= 0.3 is 32.2 Å². The first-order chi connectivity index (χ1) is 52.5. The normalized spacial score (nSPS) is 21.9. The van der Waals surface area contributed by atoms with E-state index in [4.69, 9.17) is 38.5 Å². The summed E-state index contributed by atoms with van der Waals surface area (Å²) >= 11 is 0. The van der Waals surface area contributed by atoms with Crippen LogP contribution in [0.25, 0.3) is 0 Å². The van der Waals surface area contributed by atoms with Gasteiger partial charge in [0.2, 0.25) is 47.3 Å². The molecular weight excluding hydrogens is 1480 g/mol. The molecule has 2 aliphatic rings. The van der Waals surface area contributed by atoms with Gasteiger partial charge in [-0.2, -0.15) is 0 Å². The third kappa shape index (κ3) is 28.4. The Bertz CT molecular complexity index is 3730. The summed E-state index contributed by atoms with van der Waals surface area (Å²) in [4.78, 5) is 223. The van der Waals surface area contributed by atoms with Crippen LogP contribution < -0.4 is 37.6 Å². The molecule has 15 atom stereocenters. The fourth-order valence-electron chi connectivity index (χ4n) is 12.3. The maximum absolute atomic E-state index is 15.5. The molecule has 0 spiro atoms. The van der Waals surface area contributed by atoms with Crippen molar-refractivity contribution in [1.82, 2.24) is 46.2 Å². The van der Waals surface area contributed by atoms with E-state index in [2.05, 4.69) is 38.5 Å². The number of ether oxygens (including phenoxy) is 5. The van der Waals surface area contributed by atoms with E-state index < -0.39 is 205 Å². The molecule has 618 valence electrons. The van der Waals surface area contributed by atoms with Crippen LogP contribution in [0.2, 0.25) is 0 Å². The molecule has 2 aliphatic heterocycles. The second kappa shape index (κ2) is 44.9. The van der Waals surface area contributed by atoms with Crippen LogP contribution in [0.15, 0.2) is 66.9 Å². The number of benzene rings is 2. The van der Waals surface area contributed by atoms with E-state index in [1.54, 1.807) is 65.0 Å². The van der Waals surface area contributed by atoms with E-state index in [0.717, 1.165) is 33.6 Å². The van der Waals surface area contributed by atoms with Gasteiger partial charge in [-0.15, -0.1) is 9.05 Å². The van der Waals surface area contributed by atoms with Crippen molar-refractivity contribution < 1.29 is 114 Å². The van der Waals surface area contributed by atoms with Gasteiger partial charge in [0.15, 0.2) is 24.0 Å². The van der Waals surface area contributed by atoms with Gasteiger partial charge in [-0.25, -0.2) is 14.4 Å². The van der Waals surface area contributed by atoms with Gasteiger partial charge in [-0.05, 0) is 88.5 Å². The van der Waals surface area contributed by atoms with Crippen molar-refractivity contribution in [2.24, 2.45) is 41.2 Å². The summed E-state index contributed by atoms with van der Waals surface area (Å²) in [7, 11) is 1.56. The van der Waals surface area contributed by atoms with E-state index in [1.807, 2.05) is 0 Å². The zero-order valence-electron chi connectivity index (χ0n) is 66.8. The predicted molar refractivity (Wildman–Crippen MR) is 403 cm³/mol. The fraction of sp³-hybridized carbons (Fsp3) is 0.605. The van der Waals surface area contributed by atoms with Gasteiger partial charge in [0.25, 0.3) is 11.8 Å². The Hall–Kier alpha value is -9.96. The molecule has 36 heteroatoms. The number of imide groups is 1. The average Bonchev–Trinajstić information content (AvgIpc) is 1.00. The Morgan fingerprint density at radius 2 is 1.39 bits per heavy atom. The number of nitrogens with zero attached hydrogens (tertiary/aromatic N) is 4. The number of hydrogen-bond donors (Lipinski definition) is 7. The van der Waals surface area contributed by atoms with Crippen molar-refractivity contribution in [3.05, 3.63) is 78.0 Å². The lowest BCUT2D eigenvalue weighted by Crippen LogP contribution is -2.63. The summed E-state index contributed by atoms with van der Waals surface area (Å²) < 4.78 is 54.6. The molecule has 35 nitrogen and oxygen atoms in total. The van der Waals surface area contributed by atoms with Crippen LogP contribution in [0.1, 0.15) is 140 Å². The number of primary amides is 1. The van der Waals surface area contributed by atoms with Crippen LogP contribution in [-0.2, 0) is 122 Å². The molecule has 0 radical (unpaired) electrons. The van der Waals surface area contributed by atoms with Gasteiger partial charge in [-0.3, -0.25) is 62.4 Å². The Labute approximate surface area is 653 Å². The Morgan fingerprint density at radius 1 is 0.750 bits per heavy atom. The number of carbonyl (C=O) groups is 16. The zero-order valence-corrected chi connectivity index (χ0v) is 67.7. The Kier molecular flexibility index (Phi) is 37.9. The molecule has 12 amide bonds. The van der Waals surface area contributed by atoms with Crippen LogP contribution in [0.3, 0.4) is 0 Å². The van der Waals surface area contributed by atoms with Gasteiger partial charge in [0.05, 0.1) is 37.8 Å². The molecule has 2 saturated heterocycles. The molecule has 2 unspecified atom stereocenters. The number of rotatable bonds is 35. The molecule has 0 bridgehead atoms. The van der Waals surface area contributed by atoms with E-state index >= 15 is 9.59 Å². The summed E-state index contributed by atoms with van der Waals surface area (Å²) in [5.41, 5.74) is 5.90. The van der Waals surface area contributed by atoms with Gasteiger partial charge in [-0.1, -0.05) is 97.5 Å². The molecule has 8 N–H and O–H groups in total. The third-order valence-electron chi connectivity index (χ3n) is 19.0. The molecule has 0 aromatic heterocycles. The highest BCUT2D eigenvalue weighted by Crippen LogP contribution is 2.36. The van der Waals surface area contributed by atoms with Crippen LogP contribution in [0.5, 0.6) is 0 Å². The van der Waals surface area contributed by atoms with Crippen LogP contribution in [0, 0.1) is 35.5 Å². The molecule has 2 fully saturated rings. The van der Waals surface area contributed by atoms with Crippen molar-refractivity contribution in [3.8, 4) is 0 Å². The quantitative estimate of drug-likeness (QED) is 0.0130. The summed E-state index contributed by atoms with van der Waals surface area (Å²) in [6, 6.07) is 3.96. The van der Waals surface area contributed by atoms with E-state index in [9.17, 15) is 71.7 Å². The summed E-state index contributed by atoms with van der Waals surface area (Å²) in [5, 5.41) is 15.4. The highest BCUT2D eigenvalue weighted by molar-refractivity contribution is 7.33. The van der Waals surface area contributed by atoms with Gasteiger partial charge in [0, 0.05) is 95.9 Å². The molecule has 2 aromatic rings. The zero-order chi connectivity index (χ0) is 84.3. The Balaban J connectivity index is 1.62. The minimum absolute atomic E-state index is 0.0111. The highest BCUT2D eigenvalue weighted by Gasteiger charge is 2.48. The number of carbonyl (C=O) groups excluding carboxylic acids is 16. The highest BCUT2D eigenvalue weighted by atomic mass is 31.1. The maximum atomic E-state index is 15.5. The van der Waals surface area contributed by atoms with Gasteiger partial charge < -0.3 is 80.8 Å². The first-order valence-electron chi connectivity index (χ1n) is 37.0. The molecule has 4 rings (SSSR count). The lowest BCUT2D eigenvalue weighted by atomic mass is 9.89. The number of cyclic esters (lactones) is 2. The monoisotopic (exact) mass is 1590 g/mol. The van der Waals surface area contributed by atoms with E-state index in [-0.39, 0.29) is 88.9 Å². The molecular formula is C76H111N11O24P+. The first kappa shape index (κ1) is 94.4. The molecule has 0 aliphatic carbocycles. The molecule has 0 saturated carbocycles. The van der Waals surface area contributed by atoms with E-state index in [1.165, 1.54) is 93.9 Å². The second-order valence-corrected chi connectivity index (χ2v) is 29.9. The number of urea groups is 1. The number of anilines is 1. The summed E-state index contributed by atoms with van der Waals surface area (Å²) in [6.45, 7) is 22.1. The number of methoxy groups -OCH3 is 1. The number of amides is 12. The summed E-state index contributed by atoms with van der Waals surface area (Å²) in [6.07, 6.45) is -8.67. The molecule has 2 aromatic carbocycles. The average molecular weight is 1590 g/mol. The van der Waals surface area contributed by atoms with Crippen molar-refractivity contribution in [2.45, 2.75) is 208 Å². The molecule has 2 heterocycles. The number of nitrogens with one attached hydrogen (secondary N) is 6. The first-order valence-corrected chi connectivity index (χ1v) is 38.1. The SMILES string of the molecule is C=C1C(=O)N[C@@H](C)C(=O)N(C)[C@@H](C)C(=O)N[C@@H]([C@H](OC(=O)[C@@H](CC(C)=O)[C@H](O[P+](=O)OCc2ccc(NC(=O)[C@H](CCCNC(N)=O)CC(=O)[C@@H](NC(=O)CCOCCN3C(=O)CC(C)C3=O)C(C)C)cc2)C(C)C)C(C)C)C(=O)N(C)[C@@H]([C@@H](C)OC)C(=O)O[C@H](C)[C@H](NC(C)=O)C(=O)O[C@H](Cc2ccccc2)C(=O)N1C. The second-order valence-electron chi connectivity index (χ2n) is 29.0. The van der Waals surface area contributed by atoms with Crippen molar-refractivity contribution in [3.63, 3.8) is 0 Å². The minimum atomic E-state index is -3.15. The lowest BCUT2D eigenvalue weighted by molar-refractivity contribution is -0.174. The number of hydrogen-bond acceptors (Lipinski definition) is 24. The summed E-state index contributed by atoms with van der Waals surface area (Å²) in [5.74, 6) is -17.4. The topological polar surface area (TPSA) is 466 Å². The number of ketones is 2. The fourth-order valence-corrected chi connectivity index (χ4v) is 13.2. The third-order valence-corrected chi connectivity index (χ3v) is 19.8. The van der Waals surface area contributed by atoms with Crippen molar-refractivity contribution in [1.29, 1.82) is 0 Å². The number of esters is 3. The van der Waals surface area contributed by atoms with Crippen molar-refractivity contribution >= 4 is 109 Å². The minimum Gasteiger partial charge on any atom is -0.459 e. The lowest BCUT2D eigenvalue weighted by Gasteiger charge is -2.38.